The van der Waals surface area contributed by atoms with E-state index >= 15 is 0 Å². The van der Waals surface area contributed by atoms with Crippen LogP contribution in [0, 0.1) is 0 Å². The number of benzene rings is 1. The van der Waals surface area contributed by atoms with Crippen molar-refractivity contribution in [3.05, 3.63) is 60.6 Å². The minimum atomic E-state index is -0.0168. The number of aliphatic hydroxyl groups excluding tert-OH is 1. The summed E-state index contributed by atoms with van der Waals surface area (Å²) in [6, 6.07) is 12.2. The van der Waals surface area contributed by atoms with Gasteiger partial charge in [0, 0.05) is 75.2 Å². The normalized spacial score (nSPS) is 22.8. The number of aliphatic hydroxyl groups is 1. The van der Waals surface area contributed by atoms with Crippen LogP contribution in [0.3, 0.4) is 0 Å². The lowest BCUT2D eigenvalue weighted by atomic mass is 10.1. The molecule has 2 aromatic heterocycles. The van der Waals surface area contributed by atoms with Crippen LogP contribution in [0.4, 0.5) is 17.5 Å². The molecule has 10 nitrogen and oxygen atoms in total. The Bertz CT molecular complexity index is 1170. The van der Waals surface area contributed by atoms with Crippen LogP contribution < -0.4 is 16.0 Å². The third kappa shape index (κ3) is 6.14. The highest BCUT2D eigenvalue weighted by atomic mass is 16.3. The minimum absolute atomic E-state index is 0.00766. The lowest BCUT2D eigenvalue weighted by molar-refractivity contribution is -0.123. The largest absolute Gasteiger partial charge is 0.395 e. The molecule has 5 aliphatic rings. The van der Waals surface area contributed by atoms with E-state index in [4.69, 9.17) is 0 Å². The molecule has 1 fully saturated rings. The summed E-state index contributed by atoms with van der Waals surface area (Å²) < 4.78 is 0. The fourth-order valence-electron chi connectivity index (χ4n) is 4.63. The average molecular weight is 489 g/mol. The van der Waals surface area contributed by atoms with Crippen LogP contribution >= 0.6 is 0 Å². The summed E-state index contributed by atoms with van der Waals surface area (Å²) in [5.41, 5.74) is 3.97. The number of anilines is 3. The van der Waals surface area contributed by atoms with Crippen molar-refractivity contribution in [2.75, 3.05) is 56.5 Å². The van der Waals surface area contributed by atoms with Gasteiger partial charge in [-0.05, 0) is 41.8 Å². The van der Waals surface area contributed by atoms with Crippen molar-refractivity contribution in [2.24, 2.45) is 0 Å². The van der Waals surface area contributed by atoms with Crippen molar-refractivity contribution < 1.29 is 9.90 Å². The number of hydrogen-bond donors (Lipinski definition) is 4. The third-order valence-electron chi connectivity index (χ3n) is 6.56. The van der Waals surface area contributed by atoms with E-state index in [9.17, 15) is 9.90 Å². The van der Waals surface area contributed by atoms with E-state index in [0.717, 1.165) is 54.3 Å². The maximum Gasteiger partial charge on any atom is 0.234 e. The number of carbonyl (C=O) groups excluding carboxylic acids is 1. The summed E-state index contributed by atoms with van der Waals surface area (Å²) in [7, 11) is 0. The van der Waals surface area contributed by atoms with Gasteiger partial charge in [-0.3, -0.25) is 14.6 Å². The van der Waals surface area contributed by atoms with Crippen LogP contribution in [0.15, 0.2) is 55.0 Å². The molecule has 8 rings (SSSR count). The van der Waals surface area contributed by atoms with E-state index in [0.29, 0.717) is 32.1 Å². The van der Waals surface area contributed by atoms with E-state index in [2.05, 4.69) is 52.8 Å². The molecule has 188 valence electrons. The number of hydrogen-bond acceptors (Lipinski definition) is 9. The Morgan fingerprint density at radius 3 is 2.69 bits per heavy atom. The standard InChI is InChI=1S/C26H32N8O2/c35-18-23-16-33-9-10-34(23)15-19-3-1-4-22(11-19)32-24-12-20(5-8-27-24)21-13-30-26(31-14-21)29-7-2-6-28-25(36)17-33/h1,3-5,8,11-14,23,35H,2,6-7,9-10,15-18H2,(H,27,32)(H,28,36)(H,29,30,31). The van der Waals surface area contributed by atoms with Gasteiger partial charge < -0.3 is 21.1 Å². The number of pyridine rings is 1. The number of aromatic nitrogens is 3. The first-order valence-electron chi connectivity index (χ1n) is 12.4. The Morgan fingerprint density at radius 2 is 1.83 bits per heavy atom. The van der Waals surface area contributed by atoms with Gasteiger partial charge in [0.2, 0.25) is 11.9 Å². The highest BCUT2D eigenvalue weighted by Crippen LogP contribution is 2.24. The summed E-state index contributed by atoms with van der Waals surface area (Å²) in [6.45, 7) is 4.60. The molecule has 3 unspecified atom stereocenters. The van der Waals surface area contributed by atoms with Crippen LogP contribution in [0.25, 0.3) is 11.1 Å². The second kappa shape index (κ2) is 11.4. The maximum absolute atomic E-state index is 12.4. The number of amides is 1. The number of nitrogens with zero attached hydrogens (tertiary/aromatic N) is 5. The Labute approximate surface area is 210 Å². The summed E-state index contributed by atoms with van der Waals surface area (Å²) in [5, 5.41) is 19.7. The van der Waals surface area contributed by atoms with Crippen molar-refractivity contribution in [3.63, 3.8) is 0 Å². The molecule has 1 saturated heterocycles. The monoisotopic (exact) mass is 488 g/mol. The van der Waals surface area contributed by atoms with E-state index in [-0.39, 0.29) is 18.6 Å². The third-order valence-corrected chi connectivity index (χ3v) is 6.56. The fourth-order valence-corrected chi connectivity index (χ4v) is 4.63. The lowest BCUT2D eigenvalue weighted by Crippen LogP contribution is -2.55. The molecule has 0 radical (unpaired) electrons. The number of carbonyl (C=O) groups is 1. The first-order valence-corrected chi connectivity index (χ1v) is 12.4. The molecule has 36 heavy (non-hydrogen) atoms. The Hall–Kier alpha value is -3.60. The van der Waals surface area contributed by atoms with Crippen LogP contribution in [0.1, 0.15) is 12.0 Å². The molecule has 3 aromatic rings. The second-order valence-electron chi connectivity index (χ2n) is 9.22. The first-order chi connectivity index (χ1) is 17.7. The predicted octanol–water partition coefficient (Wildman–Crippen LogP) is 1.69. The summed E-state index contributed by atoms with van der Waals surface area (Å²) in [6.07, 6.45) is 6.13. The summed E-state index contributed by atoms with van der Waals surface area (Å²) in [5.74, 6) is 1.30. The molecule has 4 N–H and O–H groups in total. The molecule has 7 heterocycles. The molecular weight excluding hydrogens is 456 g/mol. The summed E-state index contributed by atoms with van der Waals surface area (Å²) in [4.78, 5) is 30.2. The SMILES string of the molecule is O=C1CN2CCN(Cc3cccc(c3)Nc3cc(ccn3)-c3cnc(nc3)NCCCN1)C(CO)C2. The number of rotatable bonds is 1. The van der Waals surface area contributed by atoms with Gasteiger partial charge in [0.05, 0.1) is 13.2 Å². The van der Waals surface area contributed by atoms with Crippen LogP contribution in [-0.4, -0.2) is 87.7 Å². The van der Waals surface area contributed by atoms with E-state index in [1.165, 1.54) is 0 Å². The predicted molar refractivity (Wildman–Crippen MR) is 139 cm³/mol. The zero-order valence-electron chi connectivity index (χ0n) is 20.2. The van der Waals surface area contributed by atoms with Gasteiger partial charge >= 0.3 is 0 Å². The zero-order chi connectivity index (χ0) is 24.7. The van der Waals surface area contributed by atoms with Crippen molar-refractivity contribution >= 4 is 23.4 Å². The van der Waals surface area contributed by atoms with Gasteiger partial charge in [-0.1, -0.05) is 12.1 Å². The van der Waals surface area contributed by atoms with Crippen LogP contribution in [-0.2, 0) is 11.3 Å². The molecule has 0 aliphatic carbocycles. The van der Waals surface area contributed by atoms with Gasteiger partial charge in [0.25, 0.3) is 0 Å². The van der Waals surface area contributed by atoms with Crippen molar-refractivity contribution in [2.45, 2.75) is 19.0 Å². The average Bonchev–Trinajstić information content (AvgIpc) is 2.89. The van der Waals surface area contributed by atoms with Crippen LogP contribution in [0.2, 0.25) is 0 Å². The van der Waals surface area contributed by atoms with E-state index in [1.807, 2.05) is 24.3 Å². The quantitative estimate of drug-likeness (QED) is 0.406. The van der Waals surface area contributed by atoms with Crippen molar-refractivity contribution in [1.82, 2.24) is 30.1 Å². The Morgan fingerprint density at radius 1 is 0.972 bits per heavy atom. The Balaban J connectivity index is 1.38. The second-order valence-corrected chi connectivity index (χ2v) is 9.22. The fraction of sp³-hybridized carbons (Fsp3) is 0.385. The highest BCUT2D eigenvalue weighted by molar-refractivity contribution is 5.78. The smallest absolute Gasteiger partial charge is 0.234 e. The van der Waals surface area contributed by atoms with Gasteiger partial charge in [0.15, 0.2) is 0 Å². The topological polar surface area (TPSA) is 119 Å². The lowest BCUT2D eigenvalue weighted by Gasteiger charge is -2.40. The van der Waals surface area contributed by atoms with Gasteiger partial charge in [-0.25, -0.2) is 15.0 Å². The Kier molecular flexibility index (Phi) is 7.65. The number of piperazine rings is 1. The molecule has 5 aliphatic heterocycles. The molecule has 0 saturated carbocycles. The van der Waals surface area contributed by atoms with Crippen molar-refractivity contribution in [1.29, 1.82) is 0 Å². The molecule has 1 amide bonds. The molecule has 8 bridgehead atoms. The minimum Gasteiger partial charge on any atom is -0.395 e. The molecule has 10 heteroatoms. The van der Waals surface area contributed by atoms with E-state index in [1.54, 1.807) is 18.6 Å². The molecule has 0 spiro atoms. The van der Waals surface area contributed by atoms with Gasteiger partial charge in [-0.2, -0.15) is 0 Å². The van der Waals surface area contributed by atoms with Crippen molar-refractivity contribution in [3.8, 4) is 11.1 Å². The van der Waals surface area contributed by atoms with E-state index < -0.39 is 0 Å². The first kappa shape index (κ1) is 24.1. The number of nitrogens with one attached hydrogen (secondary N) is 3. The molecule has 3 atom stereocenters. The zero-order valence-corrected chi connectivity index (χ0v) is 20.2. The maximum atomic E-state index is 12.4. The summed E-state index contributed by atoms with van der Waals surface area (Å²) >= 11 is 0. The van der Waals surface area contributed by atoms with Crippen LogP contribution in [0.5, 0.6) is 0 Å². The molecular formula is C26H32N8O2. The highest BCUT2D eigenvalue weighted by Gasteiger charge is 2.27. The molecule has 1 aromatic carbocycles. The van der Waals surface area contributed by atoms with Gasteiger partial charge in [0.1, 0.15) is 5.82 Å². The van der Waals surface area contributed by atoms with Gasteiger partial charge in [-0.15, -0.1) is 0 Å².